The Balaban J connectivity index is 2.39. The fourth-order valence-electron chi connectivity index (χ4n) is 1.35. The van der Waals surface area contributed by atoms with E-state index in [0.29, 0.717) is 12.4 Å². The van der Waals surface area contributed by atoms with E-state index in [1.807, 2.05) is 24.3 Å². The number of hydrogen-bond donors (Lipinski definition) is 0. The zero-order valence-electron chi connectivity index (χ0n) is 7.53. The second kappa shape index (κ2) is 3.44. The Bertz CT molecular complexity index is 366. The predicted molar refractivity (Wildman–Crippen MR) is 53.6 cm³/mol. The number of fused-ring (bicyclic) bond motifs is 1. The normalized spacial score (nSPS) is 14.4. The molecule has 0 saturated heterocycles. The number of nitrogens with zero attached hydrogens (tertiary/aromatic N) is 1. The topological polar surface area (TPSA) is 21.6 Å². The number of methoxy groups -OCH3 is 1. The second-order valence-electron chi connectivity index (χ2n) is 2.89. The van der Waals surface area contributed by atoms with Gasteiger partial charge in [-0.3, -0.25) is 0 Å². The van der Waals surface area contributed by atoms with Crippen LogP contribution in [0, 0.1) is 0 Å². The van der Waals surface area contributed by atoms with Crippen molar-refractivity contribution in [1.82, 2.24) is 0 Å². The van der Waals surface area contributed by atoms with Crippen LogP contribution in [0.1, 0.15) is 11.1 Å². The third-order valence-corrected chi connectivity index (χ3v) is 2.07. The van der Waals surface area contributed by atoms with Crippen molar-refractivity contribution < 1.29 is 4.74 Å². The molecule has 0 aliphatic carbocycles. The highest BCUT2D eigenvalue weighted by Gasteiger charge is 2.02. The molecule has 1 heterocycles. The lowest BCUT2D eigenvalue weighted by atomic mass is 10.1. The number of hydrogen-bond acceptors (Lipinski definition) is 2. The van der Waals surface area contributed by atoms with E-state index < -0.39 is 0 Å². The molecule has 0 bridgehead atoms. The van der Waals surface area contributed by atoms with Crippen LogP contribution < -0.4 is 0 Å². The summed E-state index contributed by atoms with van der Waals surface area (Å²) < 4.78 is 5.07. The highest BCUT2D eigenvalue weighted by molar-refractivity contribution is 5.92. The predicted octanol–water partition coefficient (Wildman–Crippen LogP) is 2.26. The summed E-state index contributed by atoms with van der Waals surface area (Å²) in [6.45, 7) is 0.701. The molecule has 0 atom stereocenters. The van der Waals surface area contributed by atoms with Crippen LogP contribution in [-0.4, -0.2) is 13.0 Å². The van der Waals surface area contributed by atoms with Gasteiger partial charge in [-0.05, 0) is 17.2 Å². The van der Waals surface area contributed by atoms with Crippen molar-refractivity contribution in [2.24, 2.45) is 4.99 Å². The van der Waals surface area contributed by atoms with Crippen molar-refractivity contribution in [2.75, 3.05) is 7.11 Å². The third-order valence-electron chi connectivity index (χ3n) is 2.07. The fourth-order valence-corrected chi connectivity index (χ4v) is 1.35. The van der Waals surface area contributed by atoms with Gasteiger partial charge in [0, 0.05) is 6.08 Å². The van der Waals surface area contributed by atoms with Crippen LogP contribution in [0.5, 0.6) is 0 Å². The molecule has 0 fully saturated rings. The van der Waals surface area contributed by atoms with Crippen molar-refractivity contribution in [3.05, 3.63) is 41.5 Å². The Hall–Kier alpha value is -1.57. The van der Waals surface area contributed by atoms with Gasteiger partial charge in [-0.2, -0.15) is 0 Å². The van der Waals surface area contributed by atoms with Gasteiger partial charge in [-0.25, -0.2) is 4.99 Å². The largest absolute Gasteiger partial charge is 0.481 e. The van der Waals surface area contributed by atoms with Crippen molar-refractivity contribution in [3.63, 3.8) is 0 Å². The zero-order valence-corrected chi connectivity index (χ0v) is 7.53. The minimum absolute atomic E-state index is 0.691. The molecule has 0 spiro atoms. The lowest BCUT2D eigenvalue weighted by Crippen LogP contribution is -1.95. The van der Waals surface area contributed by atoms with Crippen molar-refractivity contribution >= 4 is 12.0 Å². The van der Waals surface area contributed by atoms with E-state index in [1.165, 1.54) is 11.1 Å². The molecular weight excluding hydrogens is 162 g/mol. The first kappa shape index (κ1) is 8.05. The maximum Gasteiger partial charge on any atom is 0.208 e. The van der Waals surface area contributed by atoms with Gasteiger partial charge in [0.25, 0.3) is 0 Å². The van der Waals surface area contributed by atoms with Crippen LogP contribution >= 0.6 is 0 Å². The summed E-state index contributed by atoms with van der Waals surface area (Å²) >= 11 is 0. The summed E-state index contributed by atoms with van der Waals surface area (Å²) in [5, 5.41) is 0. The maximum atomic E-state index is 5.07. The van der Waals surface area contributed by atoms with Crippen molar-refractivity contribution in [2.45, 2.75) is 6.54 Å². The van der Waals surface area contributed by atoms with Crippen LogP contribution in [0.3, 0.4) is 0 Å². The molecule has 1 aliphatic rings. The molecule has 66 valence electrons. The highest BCUT2D eigenvalue weighted by atomic mass is 16.5. The molecule has 2 rings (SSSR count). The van der Waals surface area contributed by atoms with Gasteiger partial charge >= 0.3 is 0 Å². The first-order valence-electron chi connectivity index (χ1n) is 4.24. The Morgan fingerprint density at radius 3 is 2.92 bits per heavy atom. The van der Waals surface area contributed by atoms with Gasteiger partial charge in [-0.1, -0.05) is 24.3 Å². The smallest absolute Gasteiger partial charge is 0.208 e. The minimum Gasteiger partial charge on any atom is -0.481 e. The lowest BCUT2D eigenvalue weighted by molar-refractivity contribution is 0.405. The van der Waals surface area contributed by atoms with Gasteiger partial charge in [0.1, 0.15) is 0 Å². The quantitative estimate of drug-likeness (QED) is 0.589. The molecule has 1 aliphatic heterocycles. The van der Waals surface area contributed by atoms with E-state index in [4.69, 9.17) is 4.74 Å². The van der Waals surface area contributed by atoms with Gasteiger partial charge in [0.15, 0.2) is 0 Å². The Morgan fingerprint density at radius 1 is 1.23 bits per heavy atom. The summed E-state index contributed by atoms with van der Waals surface area (Å²) in [6, 6.07) is 8.22. The second-order valence-corrected chi connectivity index (χ2v) is 2.89. The molecule has 0 saturated carbocycles. The summed E-state index contributed by atoms with van der Waals surface area (Å²) in [4.78, 5) is 4.29. The van der Waals surface area contributed by atoms with E-state index in [-0.39, 0.29) is 0 Å². The van der Waals surface area contributed by atoms with Gasteiger partial charge in [-0.15, -0.1) is 0 Å². The molecule has 0 N–H and O–H groups in total. The number of ether oxygens (including phenoxy) is 1. The Morgan fingerprint density at radius 2 is 2.08 bits per heavy atom. The van der Waals surface area contributed by atoms with Gasteiger partial charge in [0.2, 0.25) is 5.90 Å². The monoisotopic (exact) mass is 173 g/mol. The summed E-state index contributed by atoms with van der Waals surface area (Å²) in [5.41, 5.74) is 2.46. The molecular formula is C11H11NO. The van der Waals surface area contributed by atoms with Gasteiger partial charge < -0.3 is 4.74 Å². The van der Waals surface area contributed by atoms with E-state index in [2.05, 4.69) is 17.1 Å². The molecule has 0 unspecified atom stereocenters. The standard InChI is InChI=1S/C11H11NO/c1-13-11-7-6-9-4-2-3-5-10(9)8-12-11/h2-7H,8H2,1H3. The molecule has 2 nitrogen and oxygen atoms in total. The van der Waals surface area contributed by atoms with Crippen LogP contribution in [0.4, 0.5) is 0 Å². The minimum atomic E-state index is 0.691. The molecule has 0 amide bonds. The highest BCUT2D eigenvalue weighted by Crippen LogP contribution is 2.14. The van der Waals surface area contributed by atoms with Crippen molar-refractivity contribution in [1.29, 1.82) is 0 Å². The molecule has 1 aromatic carbocycles. The first-order chi connectivity index (χ1) is 6.40. The van der Waals surface area contributed by atoms with E-state index in [0.717, 1.165) is 0 Å². The number of rotatable bonds is 0. The fraction of sp³-hybridized carbons (Fsp3) is 0.182. The van der Waals surface area contributed by atoms with Crippen LogP contribution in [-0.2, 0) is 11.3 Å². The van der Waals surface area contributed by atoms with E-state index in [9.17, 15) is 0 Å². The average molecular weight is 173 g/mol. The molecule has 1 aromatic rings. The Labute approximate surface area is 77.6 Å². The molecule has 0 radical (unpaired) electrons. The maximum absolute atomic E-state index is 5.07. The SMILES string of the molecule is COC1=NCc2ccccc2C=C1. The molecule has 2 heteroatoms. The number of benzene rings is 1. The zero-order chi connectivity index (χ0) is 9.10. The van der Waals surface area contributed by atoms with E-state index >= 15 is 0 Å². The third kappa shape index (κ3) is 1.61. The Kier molecular flexibility index (Phi) is 2.13. The van der Waals surface area contributed by atoms with Crippen LogP contribution in [0.15, 0.2) is 35.3 Å². The molecule has 0 aromatic heterocycles. The summed E-state index contributed by atoms with van der Waals surface area (Å²) in [7, 11) is 1.64. The number of aliphatic imine (C=N–C) groups is 1. The van der Waals surface area contributed by atoms with Crippen LogP contribution in [0.25, 0.3) is 6.08 Å². The average Bonchev–Trinajstić information content (AvgIpc) is 2.39. The first-order valence-corrected chi connectivity index (χ1v) is 4.24. The van der Waals surface area contributed by atoms with Crippen LogP contribution in [0.2, 0.25) is 0 Å². The van der Waals surface area contributed by atoms with Gasteiger partial charge in [0.05, 0.1) is 13.7 Å². The van der Waals surface area contributed by atoms with Crippen molar-refractivity contribution in [3.8, 4) is 0 Å². The van der Waals surface area contributed by atoms with E-state index in [1.54, 1.807) is 7.11 Å². The summed E-state index contributed by atoms with van der Waals surface area (Å²) in [5.74, 6) is 0.691. The molecule has 13 heavy (non-hydrogen) atoms. The lowest BCUT2D eigenvalue weighted by Gasteiger charge is -1.99. The summed E-state index contributed by atoms with van der Waals surface area (Å²) in [6.07, 6.45) is 3.93.